The summed E-state index contributed by atoms with van der Waals surface area (Å²) in [5.41, 5.74) is 0. The van der Waals surface area contributed by atoms with E-state index in [1.807, 2.05) is 0 Å². The molecule has 0 aliphatic carbocycles. The topological polar surface area (TPSA) is 65.0 Å². The van der Waals surface area contributed by atoms with E-state index in [0.29, 0.717) is 6.42 Å². The van der Waals surface area contributed by atoms with Crippen LogP contribution >= 0.6 is 0 Å². The number of aliphatic hydroxyl groups is 1. The number of ether oxygens (including phenoxy) is 3. The Kier molecular flexibility index (Phi) is 16.6. The average Bonchev–Trinajstić information content (AvgIpc) is 2.76. The van der Waals surface area contributed by atoms with Crippen LogP contribution in [0.2, 0.25) is 0 Å². The van der Waals surface area contributed by atoms with Crippen LogP contribution in [0.3, 0.4) is 0 Å². The summed E-state index contributed by atoms with van der Waals surface area (Å²) in [5, 5.41) is 8.90. The van der Waals surface area contributed by atoms with Crippen molar-refractivity contribution in [2.45, 2.75) is 70.7 Å². The van der Waals surface area contributed by atoms with Gasteiger partial charge in [0.2, 0.25) is 0 Å². The van der Waals surface area contributed by atoms with Gasteiger partial charge in [-0.2, -0.15) is 0 Å². The summed E-state index contributed by atoms with van der Waals surface area (Å²) < 4.78 is 15.7. The largest absolute Gasteiger partial charge is 0.457 e. The molecule has 0 aromatic heterocycles. The van der Waals surface area contributed by atoms with E-state index in [2.05, 4.69) is 67.7 Å². The van der Waals surface area contributed by atoms with Crippen molar-refractivity contribution in [1.29, 1.82) is 0 Å². The summed E-state index contributed by atoms with van der Waals surface area (Å²) in [4.78, 5) is 11.8. The number of rotatable bonds is 15. The normalized spacial score (nSPS) is 20.5. The maximum atomic E-state index is 11.8. The lowest BCUT2D eigenvalue weighted by molar-refractivity contribution is -0.235. The summed E-state index contributed by atoms with van der Waals surface area (Å²) in [6.45, 7) is 2.50. The highest BCUT2D eigenvalue weighted by atomic mass is 16.7. The monoisotopic (exact) mass is 418 g/mol. The van der Waals surface area contributed by atoms with Crippen LogP contribution in [0.1, 0.15) is 58.3 Å². The first kappa shape index (κ1) is 26.1. The highest BCUT2D eigenvalue weighted by molar-refractivity contribution is 5.69. The van der Waals surface area contributed by atoms with Gasteiger partial charge in [-0.3, -0.25) is 4.79 Å². The van der Waals surface area contributed by atoms with Crippen molar-refractivity contribution in [1.82, 2.24) is 0 Å². The molecule has 5 nitrogen and oxygen atoms in total. The molecule has 1 fully saturated rings. The quantitative estimate of drug-likeness (QED) is 0.225. The second-order valence-electron chi connectivity index (χ2n) is 6.99. The third kappa shape index (κ3) is 15.0. The van der Waals surface area contributed by atoms with Crippen molar-refractivity contribution in [2.75, 3.05) is 19.8 Å². The number of hydrogen-bond donors (Lipinski definition) is 1. The predicted molar refractivity (Wildman–Crippen MR) is 121 cm³/mol. The maximum absolute atomic E-state index is 11.8. The van der Waals surface area contributed by atoms with E-state index in [1.54, 1.807) is 0 Å². The van der Waals surface area contributed by atoms with Gasteiger partial charge in [0.15, 0.2) is 6.29 Å². The number of esters is 1. The fourth-order valence-electron chi connectivity index (χ4n) is 2.68. The zero-order valence-electron chi connectivity index (χ0n) is 18.3. The van der Waals surface area contributed by atoms with Gasteiger partial charge in [-0.25, -0.2) is 0 Å². The number of hydrogen-bond acceptors (Lipinski definition) is 5. The molecular weight excluding hydrogens is 380 g/mol. The first-order chi connectivity index (χ1) is 14.8. The SMILES string of the molecule is CC/C=C\C/C=C\C/C=C\C/C=C\C/C=C\CCCC(=O)OC1COC(CO)OC1. The fraction of sp³-hybridized carbons (Fsp3) is 0.560. The van der Waals surface area contributed by atoms with Gasteiger partial charge in [0.1, 0.15) is 6.10 Å². The van der Waals surface area contributed by atoms with Crippen LogP contribution in [0.5, 0.6) is 0 Å². The lowest BCUT2D eigenvalue weighted by Crippen LogP contribution is -2.40. The maximum Gasteiger partial charge on any atom is 0.306 e. The standard InChI is InChI=1S/C25H38O5/c1-2-3-4-5-6-7-8-9-10-11-12-13-14-15-16-17-18-19-24(27)30-23-21-28-25(20-26)29-22-23/h3-4,6-7,9-10,12-13,15-16,23,25-26H,2,5,8,11,14,17-22H2,1H3/b4-3-,7-6-,10-9-,13-12-,16-15-. The van der Waals surface area contributed by atoms with E-state index in [9.17, 15) is 4.79 Å². The Labute approximate surface area is 181 Å². The zero-order valence-corrected chi connectivity index (χ0v) is 18.3. The molecule has 0 radical (unpaired) electrons. The van der Waals surface area contributed by atoms with Crippen LogP contribution in [0.4, 0.5) is 0 Å². The Morgan fingerprint density at radius 1 is 0.867 bits per heavy atom. The molecule has 0 unspecified atom stereocenters. The molecule has 1 heterocycles. The smallest absolute Gasteiger partial charge is 0.306 e. The first-order valence-electron chi connectivity index (χ1n) is 11.0. The molecule has 0 aromatic carbocycles. The van der Waals surface area contributed by atoms with Crippen LogP contribution in [0.15, 0.2) is 60.8 Å². The Morgan fingerprint density at radius 3 is 1.87 bits per heavy atom. The molecule has 1 aliphatic heterocycles. The predicted octanol–water partition coefficient (Wildman–Crippen LogP) is 5.19. The van der Waals surface area contributed by atoms with Gasteiger partial charge >= 0.3 is 5.97 Å². The Hall–Kier alpha value is -1.95. The molecule has 0 spiro atoms. The number of unbranched alkanes of at least 4 members (excludes halogenated alkanes) is 1. The number of carbonyl (C=O) groups excluding carboxylic acids is 1. The third-order valence-corrected chi connectivity index (χ3v) is 4.29. The molecule has 30 heavy (non-hydrogen) atoms. The summed E-state index contributed by atoms with van der Waals surface area (Å²) in [7, 11) is 0. The van der Waals surface area contributed by atoms with Crippen molar-refractivity contribution >= 4 is 5.97 Å². The van der Waals surface area contributed by atoms with Crippen LogP contribution in [-0.2, 0) is 19.0 Å². The molecule has 1 rings (SSSR count). The fourth-order valence-corrected chi connectivity index (χ4v) is 2.68. The average molecular weight is 419 g/mol. The van der Waals surface area contributed by atoms with E-state index in [-0.39, 0.29) is 31.9 Å². The molecule has 0 bridgehead atoms. The van der Waals surface area contributed by atoms with Crippen molar-refractivity contribution in [3.63, 3.8) is 0 Å². The summed E-state index contributed by atoms with van der Waals surface area (Å²) >= 11 is 0. The van der Waals surface area contributed by atoms with Gasteiger partial charge in [0.05, 0.1) is 19.8 Å². The summed E-state index contributed by atoms with van der Waals surface area (Å²) in [6, 6.07) is 0. The molecule has 0 atom stereocenters. The first-order valence-corrected chi connectivity index (χ1v) is 11.0. The Bertz CT molecular complexity index is 566. The molecule has 1 N–H and O–H groups in total. The van der Waals surface area contributed by atoms with Crippen LogP contribution in [-0.4, -0.2) is 43.3 Å². The molecule has 0 amide bonds. The number of aliphatic hydroxyl groups excluding tert-OH is 1. The second-order valence-corrected chi connectivity index (χ2v) is 6.99. The molecule has 5 heteroatoms. The molecular formula is C25H38O5. The summed E-state index contributed by atoms with van der Waals surface area (Å²) in [6.07, 6.45) is 27.7. The van der Waals surface area contributed by atoms with Crippen LogP contribution in [0, 0.1) is 0 Å². The minimum Gasteiger partial charge on any atom is -0.457 e. The molecule has 0 aromatic rings. The Balaban J connectivity index is 1.95. The van der Waals surface area contributed by atoms with Gasteiger partial charge < -0.3 is 19.3 Å². The minimum absolute atomic E-state index is 0.187. The van der Waals surface area contributed by atoms with Crippen molar-refractivity contribution in [3.8, 4) is 0 Å². The van der Waals surface area contributed by atoms with Crippen molar-refractivity contribution < 1.29 is 24.1 Å². The van der Waals surface area contributed by atoms with E-state index < -0.39 is 6.29 Å². The third-order valence-electron chi connectivity index (χ3n) is 4.29. The lowest BCUT2D eigenvalue weighted by atomic mass is 10.2. The van der Waals surface area contributed by atoms with Crippen LogP contribution in [0.25, 0.3) is 0 Å². The van der Waals surface area contributed by atoms with E-state index in [0.717, 1.165) is 44.9 Å². The van der Waals surface area contributed by atoms with Gasteiger partial charge in [-0.05, 0) is 44.9 Å². The molecule has 1 saturated heterocycles. The second kappa shape index (κ2) is 19.0. The number of allylic oxidation sites excluding steroid dienone is 10. The van der Waals surface area contributed by atoms with Gasteiger partial charge in [0.25, 0.3) is 0 Å². The van der Waals surface area contributed by atoms with E-state index in [4.69, 9.17) is 19.3 Å². The van der Waals surface area contributed by atoms with Gasteiger partial charge in [0, 0.05) is 6.42 Å². The van der Waals surface area contributed by atoms with E-state index in [1.165, 1.54) is 0 Å². The highest BCUT2D eigenvalue weighted by Crippen LogP contribution is 2.10. The van der Waals surface area contributed by atoms with Crippen molar-refractivity contribution in [2.24, 2.45) is 0 Å². The number of carbonyl (C=O) groups is 1. The minimum atomic E-state index is -0.602. The van der Waals surface area contributed by atoms with Gasteiger partial charge in [-0.1, -0.05) is 67.7 Å². The van der Waals surface area contributed by atoms with E-state index >= 15 is 0 Å². The van der Waals surface area contributed by atoms with Crippen LogP contribution < -0.4 is 0 Å². The summed E-state index contributed by atoms with van der Waals surface area (Å²) in [5.74, 6) is -0.234. The molecule has 168 valence electrons. The van der Waals surface area contributed by atoms with Gasteiger partial charge in [-0.15, -0.1) is 0 Å². The molecule has 1 aliphatic rings. The molecule has 0 saturated carbocycles. The van der Waals surface area contributed by atoms with Crippen molar-refractivity contribution in [3.05, 3.63) is 60.8 Å². The zero-order chi connectivity index (χ0) is 21.7. The highest BCUT2D eigenvalue weighted by Gasteiger charge is 2.24. The Morgan fingerprint density at radius 2 is 1.37 bits per heavy atom. The lowest BCUT2D eigenvalue weighted by Gasteiger charge is -2.27.